The van der Waals surface area contributed by atoms with E-state index in [1.807, 2.05) is 18.2 Å². The molecule has 1 aliphatic rings. The van der Waals surface area contributed by atoms with Crippen molar-refractivity contribution in [2.45, 2.75) is 51.7 Å². The largest absolute Gasteiger partial charge is 0.541 e. The Morgan fingerprint density at radius 2 is 1.68 bits per heavy atom. The van der Waals surface area contributed by atoms with Crippen LogP contribution in [0.1, 0.15) is 38.3 Å². The smallest absolute Gasteiger partial charge is 0.250 e. The van der Waals surface area contributed by atoms with Gasteiger partial charge in [0.05, 0.1) is 0 Å². The van der Waals surface area contributed by atoms with Crippen LogP contribution in [0.4, 0.5) is 4.39 Å². The average molecular weight is 278 g/mol. The van der Waals surface area contributed by atoms with Crippen LogP contribution in [-0.4, -0.2) is 8.32 Å². The summed E-state index contributed by atoms with van der Waals surface area (Å²) in [6, 6.07) is 11.2. The minimum Gasteiger partial charge on any atom is -0.541 e. The predicted molar refractivity (Wildman–Crippen MR) is 81.1 cm³/mol. The lowest BCUT2D eigenvalue weighted by atomic mass is 9.95. The molecule has 0 atom stereocenters. The molecule has 0 heterocycles. The van der Waals surface area contributed by atoms with E-state index in [1.165, 1.54) is 5.56 Å². The van der Waals surface area contributed by atoms with E-state index in [0.717, 1.165) is 30.1 Å². The second kappa shape index (κ2) is 5.91. The Labute approximate surface area is 116 Å². The summed E-state index contributed by atoms with van der Waals surface area (Å²) in [6.45, 7) is 6.52. The van der Waals surface area contributed by atoms with E-state index in [0.29, 0.717) is 12.2 Å². The molecule has 2 rings (SSSR count). The molecule has 1 aromatic carbocycles. The van der Waals surface area contributed by atoms with Crippen LogP contribution < -0.4 is 0 Å². The van der Waals surface area contributed by atoms with Crippen molar-refractivity contribution < 1.29 is 8.82 Å². The van der Waals surface area contributed by atoms with E-state index in [-0.39, 0.29) is 5.83 Å². The maximum absolute atomic E-state index is 14.2. The van der Waals surface area contributed by atoms with Crippen molar-refractivity contribution >= 4 is 14.1 Å². The minimum absolute atomic E-state index is 0.0640. The van der Waals surface area contributed by atoms with Gasteiger partial charge in [-0.25, -0.2) is 4.39 Å². The molecule has 19 heavy (non-hydrogen) atoms. The molecule has 0 saturated carbocycles. The van der Waals surface area contributed by atoms with Gasteiger partial charge in [0.15, 0.2) is 0 Å². The molecule has 0 radical (unpaired) electrons. The molecule has 1 nitrogen and oxygen atoms in total. The normalized spacial score (nSPS) is 15.4. The number of hydrogen-bond acceptors (Lipinski definition) is 1. The maximum Gasteiger partial charge on any atom is 0.250 e. The van der Waals surface area contributed by atoms with Gasteiger partial charge < -0.3 is 4.43 Å². The van der Waals surface area contributed by atoms with Crippen molar-refractivity contribution in [3.05, 3.63) is 41.2 Å². The number of hydrogen-bond donors (Lipinski definition) is 0. The zero-order valence-electron chi connectivity index (χ0n) is 12.1. The summed E-state index contributed by atoms with van der Waals surface area (Å²) in [7, 11) is -1.81. The van der Waals surface area contributed by atoms with Crippen LogP contribution in [0.3, 0.4) is 0 Å². The fourth-order valence-corrected chi connectivity index (χ4v) is 5.34. The summed E-state index contributed by atoms with van der Waals surface area (Å²) in [5, 5.41) is 0. The van der Waals surface area contributed by atoms with E-state index < -0.39 is 8.32 Å². The molecule has 0 bridgehead atoms. The van der Waals surface area contributed by atoms with Gasteiger partial charge >= 0.3 is 0 Å². The molecule has 1 aliphatic carbocycles. The Morgan fingerprint density at radius 3 is 2.32 bits per heavy atom. The third-order valence-electron chi connectivity index (χ3n) is 4.37. The molecule has 0 saturated heterocycles. The highest BCUT2D eigenvalue weighted by Crippen LogP contribution is 2.37. The number of halogens is 1. The Bertz CT molecular complexity index is 469. The Balaban J connectivity index is 2.38. The molecule has 0 unspecified atom stereocenters. The van der Waals surface area contributed by atoms with Crippen LogP contribution in [0, 0.1) is 0 Å². The fourth-order valence-electron chi connectivity index (χ4n) is 2.76. The second-order valence-corrected chi connectivity index (χ2v) is 9.93. The highest BCUT2D eigenvalue weighted by Gasteiger charge is 2.34. The summed E-state index contributed by atoms with van der Waals surface area (Å²) >= 11 is 0. The van der Waals surface area contributed by atoms with Gasteiger partial charge in [0.2, 0.25) is 0 Å². The Morgan fingerprint density at radius 1 is 1.05 bits per heavy atom. The quantitative estimate of drug-likeness (QED) is 0.665. The highest BCUT2D eigenvalue weighted by atomic mass is 28.4. The van der Waals surface area contributed by atoms with Crippen molar-refractivity contribution in [2.24, 2.45) is 0 Å². The lowest BCUT2D eigenvalue weighted by Crippen LogP contribution is -2.35. The van der Waals surface area contributed by atoms with Crippen LogP contribution in [0.2, 0.25) is 18.1 Å². The third kappa shape index (κ3) is 2.76. The van der Waals surface area contributed by atoms with Crippen LogP contribution in [0.5, 0.6) is 0 Å². The van der Waals surface area contributed by atoms with Crippen molar-refractivity contribution in [1.29, 1.82) is 0 Å². The highest BCUT2D eigenvalue weighted by molar-refractivity contribution is 6.74. The van der Waals surface area contributed by atoms with E-state index in [2.05, 4.69) is 26.8 Å². The zero-order valence-corrected chi connectivity index (χ0v) is 13.1. The van der Waals surface area contributed by atoms with E-state index in [9.17, 15) is 4.39 Å². The summed E-state index contributed by atoms with van der Waals surface area (Å²) in [5.41, 5.74) is 2.18. The molecule has 3 heteroatoms. The van der Waals surface area contributed by atoms with Crippen molar-refractivity contribution in [3.63, 3.8) is 0 Å². The first-order chi connectivity index (χ1) is 9.15. The number of benzene rings is 1. The van der Waals surface area contributed by atoms with Crippen molar-refractivity contribution in [3.8, 4) is 0 Å². The molecule has 0 aliphatic heterocycles. The van der Waals surface area contributed by atoms with E-state index >= 15 is 0 Å². The van der Waals surface area contributed by atoms with Crippen LogP contribution in [0.15, 0.2) is 30.1 Å². The lowest BCUT2D eigenvalue weighted by molar-refractivity contribution is 0.449. The van der Waals surface area contributed by atoms with Crippen molar-refractivity contribution in [2.75, 3.05) is 0 Å². The van der Waals surface area contributed by atoms with Gasteiger partial charge in [0.25, 0.3) is 8.32 Å². The number of allylic oxidation sites excluding steroid dienone is 1. The van der Waals surface area contributed by atoms with E-state index in [1.54, 1.807) is 0 Å². The van der Waals surface area contributed by atoms with Crippen LogP contribution >= 0.6 is 0 Å². The van der Waals surface area contributed by atoms with Crippen LogP contribution in [-0.2, 0) is 10.8 Å². The van der Waals surface area contributed by atoms with E-state index in [4.69, 9.17) is 4.43 Å². The minimum atomic E-state index is -1.81. The van der Waals surface area contributed by atoms with Crippen molar-refractivity contribution in [1.82, 2.24) is 0 Å². The second-order valence-electron chi connectivity index (χ2n) is 5.24. The molecule has 0 N–H and O–H groups in total. The van der Waals surface area contributed by atoms with Gasteiger partial charge in [0, 0.05) is 12.0 Å². The molecule has 0 fully saturated rings. The van der Waals surface area contributed by atoms with Gasteiger partial charge in [-0.2, -0.15) is 0 Å². The Kier molecular flexibility index (Phi) is 4.45. The van der Waals surface area contributed by atoms with Gasteiger partial charge in [-0.3, -0.25) is 0 Å². The van der Waals surface area contributed by atoms with Gasteiger partial charge in [-0.05, 0) is 30.1 Å². The SMILES string of the molecule is CC[Si](CC)(CC)OC1=C(F)CCc2ccccc21. The number of aryl methyl sites for hydroxylation is 1. The molecule has 0 amide bonds. The lowest BCUT2D eigenvalue weighted by Gasteiger charge is -2.32. The monoisotopic (exact) mass is 278 g/mol. The summed E-state index contributed by atoms with van der Waals surface area (Å²) < 4.78 is 20.6. The predicted octanol–water partition coefficient (Wildman–Crippen LogP) is 5.29. The third-order valence-corrected chi connectivity index (χ3v) is 8.88. The first-order valence-corrected chi connectivity index (χ1v) is 9.84. The zero-order chi connectivity index (χ0) is 13.9. The number of fused-ring (bicyclic) bond motifs is 1. The summed E-state index contributed by atoms with van der Waals surface area (Å²) in [5.74, 6) is 0.477. The topological polar surface area (TPSA) is 9.23 Å². The van der Waals surface area contributed by atoms with Gasteiger partial charge in [0.1, 0.15) is 11.6 Å². The van der Waals surface area contributed by atoms with Gasteiger partial charge in [-0.15, -0.1) is 0 Å². The maximum atomic E-state index is 14.2. The molecule has 104 valence electrons. The standard InChI is InChI=1S/C16H23FOSi/c1-4-19(5-2,6-3)18-16-14-10-8-7-9-13(14)11-12-15(16)17/h7-10H,4-6,11-12H2,1-3H3. The first-order valence-electron chi connectivity index (χ1n) is 7.31. The molecule has 0 aromatic heterocycles. The summed E-state index contributed by atoms with van der Waals surface area (Å²) in [6.07, 6.45) is 1.27. The summed E-state index contributed by atoms with van der Waals surface area (Å²) in [4.78, 5) is 0. The van der Waals surface area contributed by atoms with Crippen LogP contribution in [0.25, 0.3) is 5.76 Å². The fraction of sp³-hybridized carbons (Fsp3) is 0.500. The molecule has 0 spiro atoms. The molecular formula is C16H23FOSi. The first kappa shape index (κ1) is 14.3. The molecular weight excluding hydrogens is 255 g/mol. The Hall–Kier alpha value is -1.09. The molecule has 1 aromatic rings. The van der Waals surface area contributed by atoms with Gasteiger partial charge in [-0.1, -0.05) is 45.0 Å². The average Bonchev–Trinajstić information content (AvgIpc) is 2.47. The number of rotatable bonds is 5.